The second-order valence-electron chi connectivity index (χ2n) is 6.52. The number of benzene rings is 1. The third kappa shape index (κ3) is 3.14. The number of aromatic nitrogens is 2. The molecule has 3 atom stereocenters. The number of likely N-dealkylation sites (tertiary alicyclic amines) is 1. The fourth-order valence-electron chi connectivity index (χ4n) is 3.65. The molecule has 4 rings (SSSR count). The highest BCUT2D eigenvalue weighted by Crippen LogP contribution is 2.34. The second-order valence-corrected chi connectivity index (χ2v) is 6.52. The van der Waals surface area contributed by atoms with Crippen LogP contribution < -0.4 is 4.74 Å². The number of rotatable bonds is 5. The van der Waals surface area contributed by atoms with Crippen LogP contribution in [-0.2, 0) is 11.3 Å². The van der Waals surface area contributed by atoms with E-state index in [1.165, 1.54) is 0 Å². The van der Waals surface area contributed by atoms with Crippen molar-refractivity contribution in [3.63, 3.8) is 0 Å². The lowest BCUT2D eigenvalue weighted by molar-refractivity contribution is 0.0896. The van der Waals surface area contributed by atoms with Gasteiger partial charge in [-0.25, -0.2) is 4.98 Å². The standard InChI is InChI=1S/C18H20N4O2/c19-5-13-2-1-3-16(4-13)23-10-14-11-24-18-9-22(8-17(14)18)7-15-6-20-12-21-15/h1-4,6,12,14,17-18H,7-11H2,(H,20,21)/t14-,17-,18-/m1/s1. The van der Waals surface area contributed by atoms with Crippen molar-refractivity contribution in [3.8, 4) is 11.8 Å². The molecule has 1 N–H and O–H groups in total. The molecule has 0 saturated carbocycles. The van der Waals surface area contributed by atoms with Gasteiger partial charge in [0.2, 0.25) is 0 Å². The quantitative estimate of drug-likeness (QED) is 0.908. The maximum atomic E-state index is 8.96. The highest BCUT2D eigenvalue weighted by molar-refractivity contribution is 5.36. The third-order valence-electron chi connectivity index (χ3n) is 4.89. The summed E-state index contributed by atoms with van der Waals surface area (Å²) in [6, 6.07) is 9.45. The zero-order chi connectivity index (χ0) is 16.4. The zero-order valence-corrected chi connectivity index (χ0v) is 13.4. The van der Waals surface area contributed by atoms with Crippen LogP contribution in [0.2, 0.25) is 0 Å². The van der Waals surface area contributed by atoms with Gasteiger partial charge in [-0.3, -0.25) is 4.90 Å². The summed E-state index contributed by atoms with van der Waals surface area (Å²) in [7, 11) is 0. The molecule has 124 valence electrons. The van der Waals surface area contributed by atoms with E-state index in [0.29, 0.717) is 30.1 Å². The van der Waals surface area contributed by atoms with Gasteiger partial charge in [0.15, 0.2) is 0 Å². The molecule has 24 heavy (non-hydrogen) atoms. The van der Waals surface area contributed by atoms with Gasteiger partial charge >= 0.3 is 0 Å². The number of hydrogen-bond acceptors (Lipinski definition) is 5. The zero-order valence-electron chi connectivity index (χ0n) is 13.4. The molecule has 0 aliphatic carbocycles. The van der Waals surface area contributed by atoms with Crippen molar-refractivity contribution in [3.05, 3.63) is 48.0 Å². The fraction of sp³-hybridized carbons (Fsp3) is 0.444. The van der Waals surface area contributed by atoms with Crippen molar-refractivity contribution in [2.75, 3.05) is 26.3 Å². The lowest BCUT2D eigenvalue weighted by Crippen LogP contribution is -2.26. The molecule has 2 aromatic rings. The molecule has 6 heteroatoms. The Balaban J connectivity index is 1.33. The van der Waals surface area contributed by atoms with Crippen LogP contribution in [0.25, 0.3) is 0 Å². The monoisotopic (exact) mass is 324 g/mol. The summed E-state index contributed by atoms with van der Waals surface area (Å²) >= 11 is 0. The Labute approximate surface area is 141 Å². The number of nitrogens with zero attached hydrogens (tertiary/aromatic N) is 3. The molecule has 6 nitrogen and oxygen atoms in total. The van der Waals surface area contributed by atoms with Crippen LogP contribution in [0.1, 0.15) is 11.3 Å². The Kier molecular flexibility index (Phi) is 4.20. The van der Waals surface area contributed by atoms with Gasteiger partial charge in [-0.1, -0.05) is 6.07 Å². The van der Waals surface area contributed by atoms with Gasteiger partial charge in [-0.2, -0.15) is 5.26 Å². The van der Waals surface area contributed by atoms with E-state index in [9.17, 15) is 0 Å². The van der Waals surface area contributed by atoms with Crippen molar-refractivity contribution in [2.45, 2.75) is 12.6 Å². The van der Waals surface area contributed by atoms with Gasteiger partial charge in [0.25, 0.3) is 0 Å². The summed E-state index contributed by atoms with van der Waals surface area (Å²) in [4.78, 5) is 9.63. The molecular weight excluding hydrogens is 304 g/mol. The lowest BCUT2D eigenvalue weighted by atomic mass is 9.94. The van der Waals surface area contributed by atoms with Crippen molar-refractivity contribution >= 4 is 0 Å². The number of imidazole rings is 1. The summed E-state index contributed by atoms with van der Waals surface area (Å²) in [6.45, 7) is 4.26. The van der Waals surface area contributed by atoms with Crippen LogP contribution in [0, 0.1) is 23.2 Å². The molecule has 2 saturated heterocycles. The molecule has 2 fully saturated rings. The maximum absolute atomic E-state index is 8.96. The van der Waals surface area contributed by atoms with Gasteiger partial charge in [0, 0.05) is 43.4 Å². The fourth-order valence-corrected chi connectivity index (χ4v) is 3.65. The highest BCUT2D eigenvalue weighted by Gasteiger charge is 2.44. The lowest BCUT2D eigenvalue weighted by Gasteiger charge is -2.19. The summed E-state index contributed by atoms with van der Waals surface area (Å²) in [5.41, 5.74) is 1.76. The number of aromatic amines is 1. The van der Waals surface area contributed by atoms with Crippen molar-refractivity contribution in [1.29, 1.82) is 5.26 Å². The molecular formula is C18H20N4O2. The average Bonchev–Trinajstić information content (AvgIpc) is 3.32. The number of hydrogen-bond donors (Lipinski definition) is 1. The Morgan fingerprint density at radius 3 is 3.21 bits per heavy atom. The average molecular weight is 324 g/mol. The van der Waals surface area contributed by atoms with E-state index in [0.717, 1.165) is 37.7 Å². The van der Waals surface area contributed by atoms with Crippen LogP contribution in [0.5, 0.6) is 5.75 Å². The molecule has 2 aliphatic rings. The Bertz CT molecular complexity index is 725. The Morgan fingerprint density at radius 2 is 2.38 bits per heavy atom. The first-order chi connectivity index (χ1) is 11.8. The van der Waals surface area contributed by atoms with E-state index in [1.807, 2.05) is 18.3 Å². The summed E-state index contributed by atoms with van der Waals surface area (Å²) in [5, 5.41) is 8.96. The minimum atomic E-state index is 0.298. The van der Waals surface area contributed by atoms with Gasteiger partial charge in [0.1, 0.15) is 5.75 Å². The second kappa shape index (κ2) is 6.63. The first-order valence-electron chi connectivity index (χ1n) is 8.26. The smallest absolute Gasteiger partial charge is 0.120 e. The minimum absolute atomic E-state index is 0.298. The first-order valence-corrected chi connectivity index (χ1v) is 8.26. The predicted octanol–water partition coefficient (Wildman–Crippen LogP) is 1.81. The Morgan fingerprint density at radius 1 is 1.42 bits per heavy atom. The number of fused-ring (bicyclic) bond motifs is 1. The molecule has 0 amide bonds. The van der Waals surface area contributed by atoms with E-state index in [2.05, 4.69) is 20.9 Å². The van der Waals surface area contributed by atoms with Crippen LogP contribution in [0.15, 0.2) is 36.8 Å². The summed E-state index contributed by atoms with van der Waals surface area (Å²) in [5.74, 6) is 1.66. The van der Waals surface area contributed by atoms with E-state index in [-0.39, 0.29) is 0 Å². The van der Waals surface area contributed by atoms with Gasteiger partial charge in [-0.15, -0.1) is 0 Å². The normalized spacial score (nSPS) is 26.2. The first kappa shape index (κ1) is 15.2. The van der Waals surface area contributed by atoms with Gasteiger partial charge < -0.3 is 14.5 Å². The van der Waals surface area contributed by atoms with Crippen molar-refractivity contribution in [1.82, 2.24) is 14.9 Å². The number of ether oxygens (including phenoxy) is 2. The van der Waals surface area contributed by atoms with Crippen LogP contribution in [0.4, 0.5) is 0 Å². The summed E-state index contributed by atoms with van der Waals surface area (Å²) < 4.78 is 11.9. The number of H-pyrrole nitrogens is 1. The van der Waals surface area contributed by atoms with Crippen LogP contribution >= 0.6 is 0 Å². The van der Waals surface area contributed by atoms with E-state index >= 15 is 0 Å². The van der Waals surface area contributed by atoms with E-state index in [4.69, 9.17) is 14.7 Å². The van der Waals surface area contributed by atoms with Crippen LogP contribution in [0.3, 0.4) is 0 Å². The minimum Gasteiger partial charge on any atom is -0.493 e. The predicted molar refractivity (Wildman–Crippen MR) is 87.2 cm³/mol. The maximum Gasteiger partial charge on any atom is 0.120 e. The molecule has 0 spiro atoms. The SMILES string of the molecule is N#Cc1cccc(OC[C@@H]2CO[C@@H]3CN(Cc4cnc[nH]4)C[C@H]23)c1. The molecule has 0 radical (unpaired) electrons. The molecule has 3 heterocycles. The Hall–Kier alpha value is -2.36. The molecule has 0 bridgehead atoms. The van der Waals surface area contributed by atoms with E-state index < -0.39 is 0 Å². The molecule has 0 unspecified atom stereocenters. The highest BCUT2D eigenvalue weighted by atomic mass is 16.5. The van der Waals surface area contributed by atoms with Crippen molar-refractivity contribution in [2.24, 2.45) is 11.8 Å². The van der Waals surface area contributed by atoms with Crippen LogP contribution in [-0.4, -0.2) is 47.3 Å². The topological polar surface area (TPSA) is 74.2 Å². The number of nitrogens with one attached hydrogen (secondary N) is 1. The molecule has 2 aliphatic heterocycles. The van der Waals surface area contributed by atoms with E-state index in [1.54, 1.807) is 18.5 Å². The number of nitriles is 1. The van der Waals surface area contributed by atoms with Gasteiger partial charge in [0.05, 0.1) is 37.3 Å². The molecule has 1 aromatic heterocycles. The summed E-state index contributed by atoms with van der Waals surface area (Å²) in [6.07, 6.45) is 3.89. The largest absolute Gasteiger partial charge is 0.493 e. The van der Waals surface area contributed by atoms with Crippen molar-refractivity contribution < 1.29 is 9.47 Å². The third-order valence-corrected chi connectivity index (χ3v) is 4.89. The molecule has 1 aromatic carbocycles. The van der Waals surface area contributed by atoms with Gasteiger partial charge in [-0.05, 0) is 18.2 Å².